The van der Waals surface area contributed by atoms with Gasteiger partial charge in [-0.2, -0.15) is 5.10 Å². The molecule has 2 heterocycles. The first-order valence-electron chi connectivity index (χ1n) is 5.93. The Morgan fingerprint density at radius 1 is 1.12 bits per heavy atom. The summed E-state index contributed by atoms with van der Waals surface area (Å²) in [6.07, 6.45) is 2.00. The number of hydrogen-bond donors (Lipinski definition) is 2. The fraction of sp³-hybridized carbons (Fsp3) is 0.214. The Bertz CT molecular complexity index is 604. The minimum atomic E-state index is 0.991. The molecule has 0 aliphatic heterocycles. The molecule has 3 nitrogen and oxygen atoms in total. The molecular formula is C14H17N3. The molecule has 0 saturated carbocycles. The molecule has 1 aromatic carbocycles. The van der Waals surface area contributed by atoms with E-state index in [0.29, 0.717) is 0 Å². The van der Waals surface area contributed by atoms with Crippen LogP contribution in [0.1, 0.15) is 19.5 Å². The van der Waals surface area contributed by atoms with Crippen molar-refractivity contribution < 1.29 is 0 Å². The molecule has 0 bridgehead atoms. The van der Waals surface area contributed by atoms with E-state index in [2.05, 4.69) is 33.4 Å². The predicted octanol–water partition coefficient (Wildman–Crippen LogP) is 3.89. The molecule has 0 aliphatic carbocycles. The predicted molar refractivity (Wildman–Crippen MR) is 72.0 cm³/mol. The highest BCUT2D eigenvalue weighted by molar-refractivity contribution is 5.94. The van der Waals surface area contributed by atoms with Crippen LogP contribution in [0.15, 0.2) is 36.5 Å². The van der Waals surface area contributed by atoms with Gasteiger partial charge in [0.1, 0.15) is 0 Å². The first-order chi connectivity index (χ1) is 8.34. The molecule has 0 amide bonds. The summed E-state index contributed by atoms with van der Waals surface area (Å²) in [5.41, 5.74) is 4.36. The van der Waals surface area contributed by atoms with Crippen LogP contribution in [0.4, 0.5) is 0 Å². The molecule has 0 fully saturated rings. The molecule has 0 atom stereocenters. The molecular weight excluding hydrogens is 210 g/mol. The van der Waals surface area contributed by atoms with E-state index in [4.69, 9.17) is 0 Å². The molecule has 2 N–H and O–H groups in total. The topological polar surface area (TPSA) is 44.5 Å². The van der Waals surface area contributed by atoms with E-state index < -0.39 is 0 Å². The molecule has 88 valence electrons. The zero-order valence-electron chi connectivity index (χ0n) is 10.4. The summed E-state index contributed by atoms with van der Waals surface area (Å²) in [5, 5.41) is 8.43. The maximum absolute atomic E-state index is 4.26. The number of benzene rings is 1. The third-order valence-electron chi connectivity index (χ3n) is 2.57. The fourth-order valence-corrected chi connectivity index (χ4v) is 1.84. The number of aromatic nitrogens is 3. The maximum atomic E-state index is 4.26. The molecule has 0 unspecified atom stereocenters. The van der Waals surface area contributed by atoms with Gasteiger partial charge in [0, 0.05) is 28.4 Å². The van der Waals surface area contributed by atoms with E-state index in [1.54, 1.807) is 0 Å². The van der Waals surface area contributed by atoms with E-state index in [9.17, 15) is 0 Å². The summed E-state index contributed by atoms with van der Waals surface area (Å²) in [4.78, 5) is 3.24. The van der Waals surface area contributed by atoms with Crippen LogP contribution in [0, 0.1) is 6.92 Å². The van der Waals surface area contributed by atoms with Gasteiger partial charge in [-0.3, -0.25) is 5.10 Å². The Kier molecular flexibility index (Phi) is 3.28. The van der Waals surface area contributed by atoms with Gasteiger partial charge in [0.2, 0.25) is 0 Å². The van der Waals surface area contributed by atoms with Gasteiger partial charge in [-0.25, -0.2) is 0 Å². The van der Waals surface area contributed by atoms with Crippen LogP contribution in [0.25, 0.3) is 22.2 Å². The third kappa shape index (κ3) is 2.09. The fourth-order valence-electron chi connectivity index (χ4n) is 1.84. The average molecular weight is 227 g/mol. The van der Waals surface area contributed by atoms with Crippen LogP contribution < -0.4 is 0 Å². The first kappa shape index (κ1) is 11.5. The normalized spacial score (nSPS) is 10.1. The Hall–Kier alpha value is -2.03. The van der Waals surface area contributed by atoms with Gasteiger partial charge in [0.25, 0.3) is 0 Å². The van der Waals surface area contributed by atoms with Crippen molar-refractivity contribution in [2.45, 2.75) is 20.8 Å². The van der Waals surface area contributed by atoms with Crippen LogP contribution >= 0.6 is 0 Å². The van der Waals surface area contributed by atoms with Crippen LogP contribution in [0.3, 0.4) is 0 Å². The third-order valence-corrected chi connectivity index (χ3v) is 2.57. The summed E-state index contributed by atoms with van der Waals surface area (Å²) >= 11 is 0. The second-order valence-electron chi connectivity index (χ2n) is 3.68. The summed E-state index contributed by atoms with van der Waals surface area (Å²) in [7, 11) is 0. The Morgan fingerprint density at radius 2 is 1.88 bits per heavy atom. The van der Waals surface area contributed by atoms with Crippen molar-refractivity contribution in [2.24, 2.45) is 0 Å². The van der Waals surface area contributed by atoms with Crippen molar-refractivity contribution in [3.8, 4) is 11.3 Å². The Labute approximate surface area is 101 Å². The van der Waals surface area contributed by atoms with Gasteiger partial charge in [-0.1, -0.05) is 32.0 Å². The van der Waals surface area contributed by atoms with Gasteiger partial charge in [0.05, 0.1) is 5.69 Å². The van der Waals surface area contributed by atoms with Crippen molar-refractivity contribution in [1.29, 1.82) is 0 Å². The van der Waals surface area contributed by atoms with Gasteiger partial charge >= 0.3 is 0 Å². The van der Waals surface area contributed by atoms with E-state index in [-0.39, 0.29) is 0 Å². The van der Waals surface area contributed by atoms with Gasteiger partial charge in [-0.15, -0.1) is 0 Å². The largest absolute Gasteiger partial charge is 0.360 e. The minimum Gasteiger partial charge on any atom is -0.360 e. The van der Waals surface area contributed by atoms with Crippen molar-refractivity contribution in [3.63, 3.8) is 0 Å². The molecule has 3 aromatic rings. The van der Waals surface area contributed by atoms with Crippen LogP contribution in [0.5, 0.6) is 0 Å². The lowest BCUT2D eigenvalue weighted by molar-refractivity contribution is 1.05. The van der Waals surface area contributed by atoms with Gasteiger partial charge in [0.15, 0.2) is 0 Å². The standard InChI is InChI=1S/C12H11N3.C2H6/c1-8-6-12(15-14-8)10-7-13-11-5-3-2-4-9(10)11;1-2/h2-7,13H,1H3,(H,14,15);1-2H3. The molecule has 0 radical (unpaired) electrons. The first-order valence-corrected chi connectivity index (χ1v) is 5.93. The number of hydrogen-bond acceptors (Lipinski definition) is 1. The lowest BCUT2D eigenvalue weighted by Gasteiger charge is -1.92. The molecule has 0 spiro atoms. The number of nitrogens with zero attached hydrogens (tertiary/aromatic N) is 1. The van der Waals surface area contributed by atoms with Gasteiger partial charge in [-0.05, 0) is 19.1 Å². The molecule has 3 heteroatoms. The van der Waals surface area contributed by atoms with E-state index >= 15 is 0 Å². The zero-order chi connectivity index (χ0) is 12.3. The minimum absolute atomic E-state index is 0.991. The molecule has 17 heavy (non-hydrogen) atoms. The van der Waals surface area contributed by atoms with Crippen molar-refractivity contribution >= 4 is 10.9 Å². The molecule has 3 rings (SSSR count). The summed E-state index contributed by atoms with van der Waals surface area (Å²) < 4.78 is 0. The zero-order valence-corrected chi connectivity index (χ0v) is 10.4. The van der Waals surface area contributed by atoms with Crippen LogP contribution in [-0.4, -0.2) is 15.2 Å². The van der Waals surface area contributed by atoms with Crippen molar-refractivity contribution in [3.05, 3.63) is 42.2 Å². The highest BCUT2D eigenvalue weighted by Crippen LogP contribution is 2.26. The number of H-pyrrole nitrogens is 2. The van der Waals surface area contributed by atoms with Crippen molar-refractivity contribution in [2.75, 3.05) is 0 Å². The van der Waals surface area contributed by atoms with Crippen LogP contribution in [0.2, 0.25) is 0 Å². The highest BCUT2D eigenvalue weighted by Gasteiger charge is 2.07. The second kappa shape index (κ2) is 4.87. The van der Waals surface area contributed by atoms with E-state index in [1.807, 2.05) is 39.1 Å². The van der Waals surface area contributed by atoms with Crippen molar-refractivity contribution in [1.82, 2.24) is 15.2 Å². The lowest BCUT2D eigenvalue weighted by Crippen LogP contribution is -1.74. The second-order valence-corrected chi connectivity index (χ2v) is 3.68. The monoisotopic (exact) mass is 227 g/mol. The highest BCUT2D eigenvalue weighted by atomic mass is 15.1. The number of aromatic amines is 2. The number of fused-ring (bicyclic) bond motifs is 1. The summed E-state index contributed by atoms with van der Waals surface area (Å²) in [6, 6.07) is 10.3. The van der Waals surface area contributed by atoms with E-state index in [0.717, 1.165) is 22.5 Å². The number of aryl methyl sites for hydroxylation is 1. The lowest BCUT2D eigenvalue weighted by atomic mass is 10.1. The number of para-hydroxylation sites is 1. The Morgan fingerprint density at radius 3 is 2.59 bits per heavy atom. The number of nitrogens with one attached hydrogen (secondary N) is 2. The van der Waals surface area contributed by atoms with Gasteiger partial charge < -0.3 is 4.98 Å². The van der Waals surface area contributed by atoms with Crippen LogP contribution in [-0.2, 0) is 0 Å². The molecule has 2 aromatic heterocycles. The smallest absolute Gasteiger partial charge is 0.0944 e. The summed E-state index contributed by atoms with van der Waals surface area (Å²) in [6.45, 7) is 6.01. The molecule has 0 saturated heterocycles. The average Bonchev–Trinajstić information content (AvgIpc) is 2.97. The Balaban J connectivity index is 0.000000514. The quantitative estimate of drug-likeness (QED) is 0.650. The number of rotatable bonds is 1. The summed E-state index contributed by atoms with van der Waals surface area (Å²) in [5.74, 6) is 0. The van der Waals surface area contributed by atoms with E-state index in [1.165, 1.54) is 5.39 Å². The SMILES string of the molecule is CC.Cc1cc(-c2c[nH]c3ccccc23)n[nH]1. The molecule has 0 aliphatic rings. The maximum Gasteiger partial charge on any atom is 0.0944 e.